The van der Waals surface area contributed by atoms with Crippen LogP contribution in [-0.4, -0.2) is 44.0 Å². The van der Waals surface area contributed by atoms with Crippen LogP contribution in [0.25, 0.3) is 0 Å². The predicted octanol–water partition coefficient (Wildman–Crippen LogP) is 3.27. The van der Waals surface area contributed by atoms with Crippen LogP contribution < -0.4 is 29.7 Å². The van der Waals surface area contributed by atoms with E-state index < -0.39 is 6.61 Å². The first kappa shape index (κ1) is 21.9. The Morgan fingerprint density at radius 1 is 1.19 bits per heavy atom. The summed E-state index contributed by atoms with van der Waals surface area (Å²) in [6, 6.07) is 7.07. The molecule has 32 heavy (non-hydrogen) atoms. The second-order valence-electron chi connectivity index (χ2n) is 7.46. The highest BCUT2D eigenvalue weighted by Gasteiger charge is 2.20. The summed E-state index contributed by atoms with van der Waals surface area (Å²) in [4.78, 5) is 11.4. The highest BCUT2D eigenvalue weighted by atomic mass is 19.3. The van der Waals surface area contributed by atoms with E-state index in [-0.39, 0.29) is 19.1 Å². The first-order valence-electron chi connectivity index (χ1n) is 10.7. The minimum atomic E-state index is -2.94. The van der Waals surface area contributed by atoms with Gasteiger partial charge in [-0.25, -0.2) is 9.98 Å². The molecule has 10 heteroatoms. The van der Waals surface area contributed by atoms with Gasteiger partial charge in [-0.05, 0) is 43.5 Å². The van der Waals surface area contributed by atoms with Gasteiger partial charge in [-0.3, -0.25) is 0 Å². The van der Waals surface area contributed by atoms with E-state index in [9.17, 15) is 8.78 Å². The minimum absolute atomic E-state index is 0.0389. The Balaban J connectivity index is 1.45. The van der Waals surface area contributed by atoms with Gasteiger partial charge in [0.25, 0.3) is 0 Å². The molecule has 2 aromatic rings. The SMILES string of the molecule is CCNC(=NCc1ccnc(N2CCCC2)c1)NCc1cc2c(cc1OC(F)F)OCO2. The normalized spacial score (nSPS) is 15.4. The Morgan fingerprint density at radius 3 is 2.72 bits per heavy atom. The molecule has 0 atom stereocenters. The number of guanidine groups is 1. The Bertz CT molecular complexity index is 951. The molecule has 3 heterocycles. The number of pyridine rings is 1. The van der Waals surface area contributed by atoms with E-state index >= 15 is 0 Å². The molecule has 0 radical (unpaired) electrons. The van der Waals surface area contributed by atoms with Gasteiger partial charge in [0.15, 0.2) is 17.5 Å². The molecule has 172 valence electrons. The van der Waals surface area contributed by atoms with Gasteiger partial charge in [0.1, 0.15) is 11.6 Å². The topological polar surface area (TPSA) is 80.2 Å². The molecule has 8 nitrogen and oxygen atoms in total. The number of aliphatic imine (C=N–C) groups is 1. The maximum absolute atomic E-state index is 12.9. The summed E-state index contributed by atoms with van der Waals surface area (Å²) in [7, 11) is 0. The average molecular weight is 447 g/mol. The van der Waals surface area contributed by atoms with Crippen molar-refractivity contribution in [3.05, 3.63) is 41.6 Å². The van der Waals surface area contributed by atoms with Gasteiger partial charge in [0.05, 0.1) is 6.54 Å². The molecule has 2 N–H and O–H groups in total. The van der Waals surface area contributed by atoms with Crippen LogP contribution in [0.1, 0.15) is 30.9 Å². The molecule has 0 aliphatic carbocycles. The summed E-state index contributed by atoms with van der Waals surface area (Å²) in [5.74, 6) is 2.46. The maximum atomic E-state index is 12.9. The molecule has 1 saturated heterocycles. The number of anilines is 1. The van der Waals surface area contributed by atoms with Crippen LogP contribution >= 0.6 is 0 Å². The lowest BCUT2D eigenvalue weighted by Crippen LogP contribution is -2.36. The van der Waals surface area contributed by atoms with Gasteiger partial charge in [-0.2, -0.15) is 8.78 Å². The van der Waals surface area contributed by atoms with Crippen LogP contribution in [0.2, 0.25) is 0 Å². The molecule has 0 bridgehead atoms. The van der Waals surface area contributed by atoms with Crippen molar-refractivity contribution in [2.45, 2.75) is 39.5 Å². The zero-order valence-corrected chi connectivity index (χ0v) is 17.9. The third-order valence-electron chi connectivity index (χ3n) is 5.22. The number of halogens is 2. The summed E-state index contributed by atoms with van der Waals surface area (Å²) in [5, 5.41) is 6.35. The summed E-state index contributed by atoms with van der Waals surface area (Å²) in [6.45, 7) is 2.47. The number of fused-ring (bicyclic) bond motifs is 1. The van der Waals surface area contributed by atoms with Crippen LogP contribution in [0, 0.1) is 0 Å². The molecule has 0 spiro atoms. The molecule has 1 fully saturated rings. The maximum Gasteiger partial charge on any atom is 0.387 e. The number of alkyl halides is 2. The fourth-order valence-corrected chi connectivity index (χ4v) is 3.68. The summed E-state index contributed by atoms with van der Waals surface area (Å²) in [6.07, 6.45) is 4.19. The third-order valence-corrected chi connectivity index (χ3v) is 5.22. The number of nitrogens with zero attached hydrogens (tertiary/aromatic N) is 3. The second-order valence-corrected chi connectivity index (χ2v) is 7.46. The third kappa shape index (κ3) is 5.49. The minimum Gasteiger partial charge on any atom is -0.454 e. The van der Waals surface area contributed by atoms with Crippen molar-refractivity contribution in [3.63, 3.8) is 0 Å². The highest BCUT2D eigenvalue weighted by molar-refractivity contribution is 5.79. The lowest BCUT2D eigenvalue weighted by atomic mass is 10.1. The molecule has 0 unspecified atom stereocenters. The van der Waals surface area contributed by atoms with Crippen LogP contribution in [-0.2, 0) is 13.1 Å². The van der Waals surface area contributed by atoms with Gasteiger partial charge < -0.3 is 29.7 Å². The van der Waals surface area contributed by atoms with E-state index in [0.29, 0.717) is 36.1 Å². The number of hydrogen-bond donors (Lipinski definition) is 2. The van der Waals surface area contributed by atoms with Crippen molar-refractivity contribution >= 4 is 11.8 Å². The van der Waals surface area contributed by atoms with Crippen molar-refractivity contribution in [1.29, 1.82) is 0 Å². The Morgan fingerprint density at radius 2 is 1.97 bits per heavy atom. The molecule has 2 aliphatic rings. The van der Waals surface area contributed by atoms with Crippen LogP contribution in [0.5, 0.6) is 17.2 Å². The molecule has 4 rings (SSSR count). The first-order chi connectivity index (χ1) is 15.6. The lowest BCUT2D eigenvalue weighted by Gasteiger charge is -2.17. The Kier molecular flexibility index (Phi) is 7.08. The summed E-state index contributed by atoms with van der Waals surface area (Å²) < 4.78 is 41.0. The number of rotatable bonds is 8. The number of hydrogen-bond acceptors (Lipinski definition) is 6. The lowest BCUT2D eigenvalue weighted by molar-refractivity contribution is -0.0505. The first-order valence-corrected chi connectivity index (χ1v) is 10.7. The fourth-order valence-electron chi connectivity index (χ4n) is 3.68. The van der Waals surface area contributed by atoms with Crippen LogP contribution in [0.4, 0.5) is 14.6 Å². The quantitative estimate of drug-likeness (QED) is 0.475. The molecule has 1 aromatic carbocycles. The molecule has 2 aliphatic heterocycles. The van der Waals surface area contributed by atoms with E-state index in [1.165, 1.54) is 18.9 Å². The van der Waals surface area contributed by atoms with Crippen LogP contribution in [0.3, 0.4) is 0 Å². The van der Waals surface area contributed by atoms with Gasteiger partial charge in [-0.15, -0.1) is 0 Å². The van der Waals surface area contributed by atoms with Gasteiger partial charge in [0, 0.05) is 44.0 Å². The molecular weight excluding hydrogens is 420 g/mol. The van der Waals surface area contributed by atoms with E-state index in [4.69, 9.17) is 9.47 Å². The van der Waals surface area contributed by atoms with Gasteiger partial charge >= 0.3 is 6.61 Å². The number of benzene rings is 1. The Hall–Kier alpha value is -3.30. The highest BCUT2D eigenvalue weighted by Crippen LogP contribution is 2.38. The van der Waals surface area contributed by atoms with Crippen molar-refractivity contribution in [2.75, 3.05) is 31.3 Å². The number of aromatic nitrogens is 1. The van der Waals surface area contributed by atoms with Gasteiger partial charge in [-0.1, -0.05) is 0 Å². The molecule has 0 saturated carbocycles. The van der Waals surface area contributed by atoms with E-state index in [1.54, 1.807) is 12.3 Å². The van der Waals surface area contributed by atoms with Crippen molar-refractivity contribution in [1.82, 2.24) is 15.6 Å². The fraction of sp³-hybridized carbons (Fsp3) is 0.455. The largest absolute Gasteiger partial charge is 0.454 e. The van der Waals surface area contributed by atoms with Crippen molar-refractivity contribution in [2.24, 2.45) is 4.99 Å². The predicted molar refractivity (Wildman–Crippen MR) is 117 cm³/mol. The number of nitrogens with one attached hydrogen (secondary N) is 2. The molecule has 1 aromatic heterocycles. The Labute approximate surface area is 185 Å². The van der Waals surface area contributed by atoms with E-state index in [0.717, 1.165) is 24.5 Å². The van der Waals surface area contributed by atoms with Crippen molar-refractivity contribution < 1.29 is 23.0 Å². The summed E-state index contributed by atoms with van der Waals surface area (Å²) >= 11 is 0. The molecule has 0 amide bonds. The zero-order valence-electron chi connectivity index (χ0n) is 17.9. The van der Waals surface area contributed by atoms with Gasteiger partial charge in [0.2, 0.25) is 6.79 Å². The standard InChI is InChI=1S/C22H27F2N5O3/c1-2-25-22(27-12-15-5-6-26-20(9-15)29-7-3-4-8-29)28-13-16-10-18-19(31-14-30-18)11-17(16)32-21(23)24/h5-6,9-11,21H,2-4,7-8,12-14H2,1H3,(H2,25,27,28). The monoisotopic (exact) mass is 447 g/mol. The second kappa shape index (κ2) is 10.3. The smallest absolute Gasteiger partial charge is 0.387 e. The van der Waals surface area contributed by atoms with Crippen LogP contribution in [0.15, 0.2) is 35.5 Å². The summed E-state index contributed by atoms with van der Waals surface area (Å²) in [5.41, 5.74) is 1.56. The van der Waals surface area contributed by atoms with E-state index in [1.807, 2.05) is 13.0 Å². The molecular formula is C22H27F2N5O3. The number of ether oxygens (including phenoxy) is 3. The average Bonchev–Trinajstić information content (AvgIpc) is 3.47. The van der Waals surface area contributed by atoms with Crippen molar-refractivity contribution in [3.8, 4) is 17.2 Å². The van der Waals surface area contributed by atoms with E-state index in [2.05, 4.69) is 36.3 Å². The zero-order chi connectivity index (χ0) is 22.3.